The summed E-state index contributed by atoms with van der Waals surface area (Å²) >= 11 is 1.58. The Morgan fingerprint density at radius 1 is 1.16 bits per heavy atom. The summed E-state index contributed by atoms with van der Waals surface area (Å²) < 4.78 is 10.9. The van der Waals surface area contributed by atoms with Crippen molar-refractivity contribution in [2.24, 2.45) is 10.5 Å². The highest BCUT2D eigenvalue weighted by Crippen LogP contribution is 2.28. The van der Waals surface area contributed by atoms with Gasteiger partial charge in [0.15, 0.2) is 0 Å². The maximum absolute atomic E-state index is 13.7. The molecule has 3 unspecified atom stereocenters. The highest BCUT2D eigenvalue weighted by atomic mass is 32.1. The molecule has 3 rings (SSSR count). The highest BCUT2D eigenvalue weighted by molar-refractivity contribution is 7.13. The van der Waals surface area contributed by atoms with Gasteiger partial charge in [-0.2, -0.15) is 0 Å². The third-order valence-corrected chi connectivity index (χ3v) is 8.40. The normalized spacial score (nSPS) is 17.0. The fraction of sp³-hybridized carbons (Fsp3) is 0.613. The Kier molecular flexibility index (Phi) is 14.2. The monoisotopic (exact) mass is 643 g/mol. The lowest BCUT2D eigenvalue weighted by atomic mass is 9.85. The van der Waals surface area contributed by atoms with Crippen LogP contribution in [0.5, 0.6) is 0 Å². The average molecular weight is 644 g/mol. The van der Waals surface area contributed by atoms with Gasteiger partial charge in [-0.05, 0) is 48.3 Å². The molecule has 0 spiro atoms. The number of rotatable bonds is 17. The first kappa shape index (κ1) is 35.9. The van der Waals surface area contributed by atoms with Crippen molar-refractivity contribution < 1.29 is 29.0 Å². The molecule has 2 aromatic rings. The predicted octanol–water partition coefficient (Wildman–Crippen LogP) is 3.74. The van der Waals surface area contributed by atoms with Crippen LogP contribution in [-0.2, 0) is 30.4 Å². The molecule has 13 nitrogen and oxygen atoms in total. The summed E-state index contributed by atoms with van der Waals surface area (Å²) in [6, 6.07) is 6.10. The fourth-order valence-corrected chi connectivity index (χ4v) is 5.80. The summed E-state index contributed by atoms with van der Waals surface area (Å²) in [7, 11) is 0. The highest BCUT2D eigenvalue weighted by Gasteiger charge is 2.44. The van der Waals surface area contributed by atoms with Gasteiger partial charge in [-0.25, -0.2) is 4.98 Å². The molecule has 0 bridgehead atoms. The minimum Gasteiger partial charge on any atom is -0.391 e. The number of aliphatic hydroxyl groups excluding tert-OH is 1. The summed E-state index contributed by atoms with van der Waals surface area (Å²) in [6.07, 6.45) is 1.69. The summed E-state index contributed by atoms with van der Waals surface area (Å²) in [4.78, 5) is 49.2. The summed E-state index contributed by atoms with van der Waals surface area (Å²) in [5, 5.41) is 19.5. The number of ether oxygens (including phenoxy) is 2. The molecule has 0 radical (unpaired) electrons. The number of aromatic nitrogens is 1. The number of nitrogens with one attached hydrogen (secondary N) is 2. The summed E-state index contributed by atoms with van der Waals surface area (Å²) in [5.74, 6) is -1.20. The molecular formula is C31H45N7O6S. The molecule has 1 aromatic carbocycles. The first-order valence-electron chi connectivity index (χ1n) is 15.2. The minimum atomic E-state index is -0.917. The van der Waals surface area contributed by atoms with E-state index in [4.69, 9.17) is 15.0 Å². The first-order valence-corrected chi connectivity index (χ1v) is 16.1. The smallest absolute Gasteiger partial charge is 0.246 e. The second-order valence-electron chi connectivity index (χ2n) is 12.1. The van der Waals surface area contributed by atoms with Crippen LogP contribution in [0.25, 0.3) is 20.9 Å². The predicted molar refractivity (Wildman–Crippen MR) is 171 cm³/mol. The van der Waals surface area contributed by atoms with Crippen LogP contribution in [0, 0.1) is 12.3 Å². The number of unbranched alkanes of at least 4 members (excludes halogenated alkanes) is 2. The van der Waals surface area contributed by atoms with Gasteiger partial charge < -0.3 is 30.1 Å². The number of likely N-dealkylation sites (tertiary alicyclic amines) is 1. The van der Waals surface area contributed by atoms with Gasteiger partial charge in [0, 0.05) is 44.2 Å². The summed E-state index contributed by atoms with van der Waals surface area (Å²) in [5.41, 5.74) is 12.3. The topological polar surface area (TPSA) is 179 Å². The number of carbonyl (C=O) groups excluding carboxylic acids is 3. The van der Waals surface area contributed by atoms with E-state index in [1.54, 1.807) is 11.3 Å². The van der Waals surface area contributed by atoms with E-state index in [1.807, 2.05) is 57.5 Å². The van der Waals surface area contributed by atoms with Crippen molar-refractivity contribution in [2.45, 2.75) is 78.1 Å². The minimum absolute atomic E-state index is 0.00795. The van der Waals surface area contributed by atoms with Crippen molar-refractivity contribution in [1.29, 1.82) is 0 Å². The van der Waals surface area contributed by atoms with Crippen molar-refractivity contribution >= 4 is 29.1 Å². The van der Waals surface area contributed by atoms with Crippen LogP contribution >= 0.6 is 11.3 Å². The van der Waals surface area contributed by atoms with Crippen molar-refractivity contribution in [1.82, 2.24) is 20.5 Å². The van der Waals surface area contributed by atoms with Gasteiger partial charge >= 0.3 is 0 Å². The van der Waals surface area contributed by atoms with Crippen LogP contribution in [0.4, 0.5) is 0 Å². The molecule has 1 saturated heterocycles. The Hall–Kier alpha value is -3.55. The molecule has 1 fully saturated rings. The number of thiazole rings is 1. The van der Waals surface area contributed by atoms with Crippen molar-refractivity contribution in [3.63, 3.8) is 0 Å². The number of carbonyl (C=O) groups is 3. The number of hydrogen-bond acceptors (Lipinski definition) is 9. The zero-order chi connectivity index (χ0) is 32.8. The van der Waals surface area contributed by atoms with Crippen LogP contribution in [0.3, 0.4) is 0 Å². The van der Waals surface area contributed by atoms with Crippen molar-refractivity contribution in [2.75, 3.05) is 39.5 Å². The molecule has 2 heterocycles. The van der Waals surface area contributed by atoms with E-state index in [2.05, 4.69) is 25.6 Å². The molecule has 1 aromatic heterocycles. The van der Waals surface area contributed by atoms with Gasteiger partial charge in [-0.3, -0.25) is 14.4 Å². The van der Waals surface area contributed by atoms with Crippen molar-refractivity contribution in [3.8, 4) is 10.4 Å². The molecule has 0 saturated carbocycles. The van der Waals surface area contributed by atoms with E-state index >= 15 is 0 Å². The lowest BCUT2D eigenvalue weighted by molar-refractivity contribution is -0.144. The van der Waals surface area contributed by atoms with Gasteiger partial charge in [0.1, 0.15) is 18.7 Å². The van der Waals surface area contributed by atoms with Gasteiger partial charge in [-0.1, -0.05) is 50.2 Å². The Morgan fingerprint density at radius 3 is 2.51 bits per heavy atom. The van der Waals surface area contributed by atoms with E-state index in [0.717, 1.165) is 41.0 Å². The lowest BCUT2D eigenvalue weighted by Crippen LogP contribution is -2.58. The zero-order valence-corrected chi connectivity index (χ0v) is 27.3. The van der Waals surface area contributed by atoms with E-state index in [9.17, 15) is 19.5 Å². The molecular weight excluding hydrogens is 598 g/mol. The largest absolute Gasteiger partial charge is 0.391 e. The van der Waals surface area contributed by atoms with E-state index < -0.39 is 35.4 Å². The number of aliphatic hydroxyl groups is 1. The van der Waals surface area contributed by atoms with Crippen LogP contribution in [0.15, 0.2) is 34.9 Å². The number of azide groups is 1. The number of nitrogens with zero attached hydrogens (tertiary/aromatic N) is 5. The standard InChI is InChI=1S/C31H45N7O6S/c1-21-27(45-20-34-21)23-10-8-22(9-11-23)17-33-29(41)25-16-24(39)18-38(25)30(42)28(31(2,3)4)36-26(40)19-44-14-7-5-6-13-43-15-12-35-37-32/h8-11,20,24-25,28,39H,5-7,12-19H2,1-4H3,(H,33,41)(H,36,40). The number of amides is 3. The fourth-order valence-electron chi connectivity index (χ4n) is 4.99. The maximum atomic E-state index is 13.7. The number of β-amino-alcohol motifs (C(OH)–C–C–N with tert-alkyl or cyclic N) is 1. The molecule has 1 aliphatic heterocycles. The van der Waals surface area contributed by atoms with Crippen molar-refractivity contribution in [3.05, 3.63) is 51.5 Å². The lowest BCUT2D eigenvalue weighted by Gasteiger charge is -2.35. The zero-order valence-electron chi connectivity index (χ0n) is 26.5. The Labute approximate surface area is 268 Å². The second-order valence-corrected chi connectivity index (χ2v) is 13.0. The van der Waals surface area contributed by atoms with E-state index in [1.165, 1.54) is 4.90 Å². The molecule has 1 aliphatic rings. The van der Waals surface area contributed by atoms with Crippen LogP contribution < -0.4 is 10.6 Å². The van der Waals surface area contributed by atoms with Gasteiger partial charge in [-0.15, -0.1) is 11.3 Å². The van der Waals surface area contributed by atoms with Gasteiger partial charge in [0.25, 0.3) is 0 Å². The van der Waals surface area contributed by atoms with E-state index in [0.29, 0.717) is 26.4 Å². The van der Waals surface area contributed by atoms with Gasteiger partial charge in [0.05, 0.1) is 28.8 Å². The van der Waals surface area contributed by atoms with Crippen LogP contribution in [-0.4, -0.2) is 90.4 Å². The average Bonchev–Trinajstić information content (AvgIpc) is 3.62. The number of benzene rings is 1. The van der Waals surface area contributed by atoms with Gasteiger partial charge in [0.2, 0.25) is 17.7 Å². The Morgan fingerprint density at radius 2 is 1.87 bits per heavy atom. The SMILES string of the molecule is Cc1ncsc1-c1ccc(CNC(=O)C2CC(O)CN2C(=O)C(NC(=O)COCCCCCOCCN=[N+]=[N-])C(C)(C)C)cc1. The van der Waals surface area contributed by atoms with Crippen LogP contribution in [0.1, 0.15) is 57.7 Å². The number of hydrogen-bond donors (Lipinski definition) is 3. The maximum Gasteiger partial charge on any atom is 0.246 e. The third-order valence-electron chi connectivity index (χ3n) is 7.42. The first-order chi connectivity index (χ1) is 21.5. The molecule has 14 heteroatoms. The third kappa shape index (κ3) is 11.4. The van der Waals surface area contributed by atoms with Crippen LogP contribution in [0.2, 0.25) is 0 Å². The molecule has 3 atom stereocenters. The molecule has 3 N–H and O–H groups in total. The quantitative estimate of drug-likeness (QED) is 0.102. The second kappa shape index (κ2) is 17.8. The Bertz CT molecular complexity index is 1310. The molecule has 246 valence electrons. The molecule has 45 heavy (non-hydrogen) atoms. The molecule has 3 amide bonds. The number of aryl methyl sites for hydroxylation is 1. The molecule has 0 aliphatic carbocycles. The van der Waals surface area contributed by atoms with E-state index in [-0.39, 0.29) is 32.0 Å². The summed E-state index contributed by atoms with van der Waals surface area (Å²) in [6.45, 7) is 9.20. The Balaban J connectivity index is 1.48.